The van der Waals surface area contributed by atoms with Gasteiger partial charge < -0.3 is 4.90 Å². The predicted molar refractivity (Wildman–Crippen MR) is 71.0 cm³/mol. The highest BCUT2D eigenvalue weighted by Gasteiger charge is 2.15. The fourth-order valence-electron chi connectivity index (χ4n) is 1.84. The van der Waals surface area contributed by atoms with Crippen molar-refractivity contribution < 1.29 is 8.78 Å². The van der Waals surface area contributed by atoms with Crippen molar-refractivity contribution in [3.63, 3.8) is 0 Å². The van der Waals surface area contributed by atoms with E-state index in [0.29, 0.717) is 12.1 Å². The summed E-state index contributed by atoms with van der Waals surface area (Å²) in [6, 6.07) is 3.58. The van der Waals surface area contributed by atoms with E-state index in [1.165, 1.54) is 12.1 Å². The van der Waals surface area contributed by atoms with Crippen LogP contribution in [-0.2, 0) is 6.54 Å². The van der Waals surface area contributed by atoms with Crippen LogP contribution in [0.4, 0.5) is 8.78 Å². The first-order chi connectivity index (χ1) is 8.17. The van der Waals surface area contributed by atoms with Crippen LogP contribution in [0, 0.1) is 17.0 Å². The lowest BCUT2D eigenvalue weighted by atomic mass is 9.90. The number of halogens is 2. The largest absolute Gasteiger partial charge is 0.374 e. The number of rotatable bonds is 4. The number of allylic oxidation sites excluding steroid dienone is 1. The quantitative estimate of drug-likeness (QED) is 0.771. The Morgan fingerprint density at radius 2 is 1.67 bits per heavy atom. The van der Waals surface area contributed by atoms with E-state index in [0.717, 1.165) is 18.2 Å². The van der Waals surface area contributed by atoms with Gasteiger partial charge in [-0.25, -0.2) is 8.78 Å². The lowest BCUT2D eigenvalue weighted by Gasteiger charge is -2.27. The van der Waals surface area contributed by atoms with Crippen LogP contribution in [0.25, 0.3) is 0 Å². The van der Waals surface area contributed by atoms with Gasteiger partial charge in [0.1, 0.15) is 11.6 Å². The molecule has 0 radical (unpaired) electrons. The second-order valence-corrected chi connectivity index (χ2v) is 5.94. The second kappa shape index (κ2) is 5.51. The van der Waals surface area contributed by atoms with E-state index in [1.54, 1.807) is 0 Å². The van der Waals surface area contributed by atoms with E-state index >= 15 is 0 Å². The minimum absolute atomic E-state index is 0.151. The van der Waals surface area contributed by atoms with Gasteiger partial charge in [-0.05, 0) is 29.5 Å². The molecule has 0 spiro atoms. The van der Waals surface area contributed by atoms with E-state index in [4.69, 9.17) is 0 Å². The number of hydrogen-bond acceptors (Lipinski definition) is 1. The van der Waals surface area contributed by atoms with Gasteiger partial charge in [0, 0.05) is 25.4 Å². The third-order valence-corrected chi connectivity index (χ3v) is 2.62. The molecule has 1 nitrogen and oxygen atoms in total. The van der Waals surface area contributed by atoms with Crippen molar-refractivity contribution in [2.75, 3.05) is 7.05 Å². The molecule has 3 heteroatoms. The maximum atomic E-state index is 13.1. The average molecular weight is 253 g/mol. The molecule has 100 valence electrons. The van der Waals surface area contributed by atoms with Crippen LogP contribution in [0.3, 0.4) is 0 Å². The molecular formula is C15H21F2N. The molecule has 0 aromatic heterocycles. The van der Waals surface area contributed by atoms with Crippen LogP contribution in [-0.4, -0.2) is 11.9 Å². The van der Waals surface area contributed by atoms with E-state index < -0.39 is 11.6 Å². The smallest absolute Gasteiger partial charge is 0.126 e. The topological polar surface area (TPSA) is 3.24 Å². The minimum Gasteiger partial charge on any atom is -0.374 e. The molecule has 0 N–H and O–H groups in total. The van der Waals surface area contributed by atoms with E-state index in [1.807, 2.05) is 11.9 Å². The van der Waals surface area contributed by atoms with Crippen LogP contribution in [0.15, 0.2) is 30.5 Å². The molecule has 0 saturated carbocycles. The third-order valence-electron chi connectivity index (χ3n) is 2.62. The Hall–Kier alpha value is -1.38. The molecule has 0 heterocycles. The SMILES string of the molecule is C=C(CC(C)(C)C)N(C)Cc1cc(F)cc(F)c1. The fourth-order valence-corrected chi connectivity index (χ4v) is 1.84. The number of nitrogens with zero attached hydrogens (tertiary/aromatic N) is 1. The first-order valence-electron chi connectivity index (χ1n) is 6.01. The third kappa shape index (κ3) is 4.86. The van der Waals surface area contributed by atoms with Crippen LogP contribution >= 0.6 is 0 Å². The second-order valence-electron chi connectivity index (χ2n) is 5.94. The van der Waals surface area contributed by atoms with Gasteiger partial charge in [0.05, 0.1) is 0 Å². The summed E-state index contributed by atoms with van der Waals surface area (Å²) in [5.41, 5.74) is 1.73. The van der Waals surface area contributed by atoms with Crippen molar-refractivity contribution in [1.29, 1.82) is 0 Å². The summed E-state index contributed by atoms with van der Waals surface area (Å²) >= 11 is 0. The molecule has 0 unspecified atom stereocenters. The zero-order valence-electron chi connectivity index (χ0n) is 11.6. The molecule has 1 aromatic rings. The number of hydrogen-bond donors (Lipinski definition) is 0. The van der Waals surface area contributed by atoms with E-state index in [2.05, 4.69) is 27.4 Å². The lowest BCUT2D eigenvalue weighted by Crippen LogP contribution is -2.20. The molecule has 0 bridgehead atoms. The van der Waals surface area contributed by atoms with Crippen molar-refractivity contribution in [1.82, 2.24) is 4.90 Å². The summed E-state index contributed by atoms with van der Waals surface area (Å²) in [7, 11) is 1.89. The van der Waals surface area contributed by atoms with Gasteiger partial charge in [-0.2, -0.15) is 0 Å². The van der Waals surface area contributed by atoms with Gasteiger partial charge in [-0.1, -0.05) is 27.4 Å². The zero-order valence-corrected chi connectivity index (χ0v) is 11.6. The highest BCUT2D eigenvalue weighted by atomic mass is 19.1. The monoisotopic (exact) mass is 253 g/mol. The lowest BCUT2D eigenvalue weighted by molar-refractivity contribution is 0.322. The van der Waals surface area contributed by atoms with E-state index in [9.17, 15) is 8.78 Å². The van der Waals surface area contributed by atoms with Crippen molar-refractivity contribution >= 4 is 0 Å². The Morgan fingerprint density at radius 3 is 2.11 bits per heavy atom. The molecule has 1 rings (SSSR count). The van der Waals surface area contributed by atoms with Gasteiger partial charge in [0.15, 0.2) is 0 Å². The molecule has 0 amide bonds. The maximum absolute atomic E-state index is 13.1. The van der Waals surface area contributed by atoms with Crippen molar-refractivity contribution in [3.05, 3.63) is 47.7 Å². The van der Waals surface area contributed by atoms with Crippen molar-refractivity contribution in [2.45, 2.75) is 33.7 Å². The normalized spacial score (nSPS) is 11.4. The van der Waals surface area contributed by atoms with Crippen molar-refractivity contribution in [2.24, 2.45) is 5.41 Å². The Balaban J connectivity index is 2.69. The van der Waals surface area contributed by atoms with Crippen LogP contribution in [0.5, 0.6) is 0 Å². The predicted octanol–water partition coefficient (Wildman–Crippen LogP) is 4.35. The molecule has 0 aliphatic heterocycles. The Morgan fingerprint density at radius 1 is 1.17 bits per heavy atom. The summed E-state index contributed by atoms with van der Waals surface area (Å²) in [5, 5.41) is 0. The highest BCUT2D eigenvalue weighted by molar-refractivity contribution is 5.18. The molecular weight excluding hydrogens is 232 g/mol. The number of benzene rings is 1. The summed E-state index contributed by atoms with van der Waals surface area (Å²) < 4.78 is 26.1. The van der Waals surface area contributed by atoms with E-state index in [-0.39, 0.29) is 5.41 Å². The van der Waals surface area contributed by atoms with Gasteiger partial charge in [0.25, 0.3) is 0 Å². The molecule has 0 fully saturated rings. The molecule has 18 heavy (non-hydrogen) atoms. The Bertz CT molecular complexity index is 412. The Kier molecular flexibility index (Phi) is 4.49. The van der Waals surface area contributed by atoms with Crippen molar-refractivity contribution in [3.8, 4) is 0 Å². The molecule has 0 atom stereocenters. The van der Waals surface area contributed by atoms with Crippen LogP contribution < -0.4 is 0 Å². The average Bonchev–Trinajstić information content (AvgIpc) is 2.12. The summed E-state index contributed by atoms with van der Waals surface area (Å²) in [6.45, 7) is 10.9. The van der Waals surface area contributed by atoms with Gasteiger partial charge >= 0.3 is 0 Å². The van der Waals surface area contributed by atoms with Crippen LogP contribution in [0.2, 0.25) is 0 Å². The first kappa shape index (κ1) is 14.7. The van der Waals surface area contributed by atoms with Gasteiger partial charge in [-0.15, -0.1) is 0 Å². The maximum Gasteiger partial charge on any atom is 0.126 e. The summed E-state index contributed by atoms with van der Waals surface area (Å²) in [4.78, 5) is 1.93. The summed E-state index contributed by atoms with van der Waals surface area (Å²) in [5.74, 6) is -1.08. The highest BCUT2D eigenvalue weighted by Crippen LogP contribution is 2.25. The molecule has 0 aliphatic carbocycles. The van der Waals surface area contributed by atoms with Crippen LogP contribution in [0.1, 0.15) is 32.8 Å². The molecule has 0 aliphatic rings. The Labute approximate surface area is 108 Å². The van der Waals surface area contributed by atoms with Gasteiger partial charge in [0.2, 0.25) is 0 Å². The van der Waals surface area contributed by atoms with Gasteiger partial charge in [-0.3, -0.25) is 0 Å². The molecule has 0 saturated heterocycles. The zero-order chi connectivity index (χ0) is 13.9. The summed E-state index contributed by atoms with van der Waals surface area (Å²) in [6.07, 6.45) is 0.849. The molecule has 1 aromatic carbocycles. The fraction of sp³-hybridized carbons (Fsp3) is 0.467. The minimum atomic E-state index is -0.542. The first-order valence-corrected chi connectivity index (χ1v) is 6.01. The standard InChI is InChI=1S/C15H21F2N/c1-11(9-15(2,3)4)18(5)10-12-6-13(16)8-14(17)7-12/h6-8H,1,9-10H2,2-5H3.